The lowest BCUT2D eigenvalue weighted by Crippen LogP contribution is -2.39. The average molecular weight is 390 g/mol. The maximum Gasteiger partial charge on any atom is 0.161 e. The molecule has 2 N–H and O–H groups in total. The number of ether oxygens (including phenoxy) is 1. The van der Waals surface area contributed by atoms with Crippen LogP contribution in [0.5, 0.6) is 0 Å². The number of nitrogens with zero attached hydrogens (tertiary/aromatic N) is 3. The summed E-state index contributed by atoms with van der Waals surface area (Å²) in [5.41, 5.74) is 7.01. The van der Waals surface area contributed by atoms with Gasteiger partial charge in [-0.3, -0.25) is 4.90 Å². The van der Waals surface area contributed by atoms with Crippen molar-refractivity contribution in [2.45, 2.75) is 39.2 Å². The molecule has 1 atom stereocenters. The number of aromatic nitrogens is 2. The van der Waals surface area contributed by atoms with Gasteiger partial charge in [0.25, 0.3) is 0 Å². The molecule has 1 fully saturated rings. The predicted molar refractivity (Wildman–Crippen MR) is 88.7 cm³/mol. The van der Waals surface area contributed by atoms with Gasteiger partial charge in [0.15, 0.2) is 5.82 Å². The third-order valence-corrected chi connectivity index (χ3v) is 4.55. The number of nitrogens with two attached hydrogens (primary N) is 1. The molecule has 0 amide bonds. The summed E-state index contributed by atoms with van der Waals surface area (Å²) in [6.45, 7) is 12.1. The van der Waals surface area contributed by atoms with Crippen molar-refractivity contribution in [1.82, 2.24) is 14.9 Å². The molecule has 1 aliphatic rings. The molecule has 1 aliphatic heterocycles. The number of hydrogen-bond acceptors (Lipinski definition) is 5. The van der Waals surface area contributed by atoms with Crippen molar-refractivity contribution >= 4 is 28.4 Å². The van der Waals surface area contributed by atoms with E-state index in [9.17, 15) is 0 Å². The van der Waals surface area contributed by atoms with Gasteiger partial charge in [-0.15, -0.1) is 0 Å². The van der Waals surface area contributed by atoms with Gasteiger partial charge in [0.1, 0.15) is 11.9 Å². The van der Waals surface area contributed by atoms with E-state index in [1.165, 1.54) is 0 Å². The topological polar surface area (TPSA) is 64.3 Å². The number of halogens is 1. The van der Waals surface area contributed by atoms with Gasteiger partial charge in [-0.25, -0.2) is 9.97 Å². The molecular weight excluding hydrogens is 367 g/mol. The Morgan fingerprint density at radius 2 is 2.10 bits per heavy atom. The van der Waals surface area contributed by atoms with Crippen LogP contribution < -0.4 is 5.73 Å². The van der Waals surface area contributed by atoms with Gasteiger partial charge in [-0.1, -0.05) is 27.7 Å². The lowest BCUT2D eigenvalue weighted by atomic mass is 9.92. The van der Waals surface area contributed by atoms with Crippen LogP contribution in [0.1, 0.15) is 45.3 Å². The summed E-state index contributed by atoms with van der Waals surface area (Å²) in [5, 5.41) is 0. The first-order valence-electron chi connectivity index (χ1n) is 7.00. The Labute approximate surface area is 134 Å². The van der Waals surface area contributed by atoms with Crippen molar-refractivity contribution in [3.63, 3.8) is 0 Å². The second kappa shape index (κ2) is 6.11. The quantitative estimate of drug-likeness (QED) is 0.786. The molecule has 0 bridgehead atoms. The minimum absolute atomic E-state index is 0.0541. The third-order valence-electron chi connectivity index (χ3n) is 3.49. The first-order valence-corrected chi connectivity index (χ1v) is 8.08. The van der Waals surface area contributed by atoms with E-state index in [0.29, 0.717) is 11.6 Å². The number of rotatable bonds is 2. The third kappa shape index (κ3) is 3.40. The lowest BCUT2D eigenvalue weighted by Gasteiger charge is -2.32. The van der Waals surface area contributed by atoms with Gasteiger partial charge in [0, 0.05) is 18.5 Å². The Hall–Kier alpha value is -0.470. The highest BCUT2D eigenvalue weighted by Crippen LogP contribution is 2.30. The second-order valence-corrected chi connectivity index (χ2v) is 7.21. The second-order valence-electron chi connectivity index (χ2n) is 6.13. The van der Waals surface area contributed by atoms with Crippen molar-refractivity contribution in [3.8, 4) is 0 Å². The molecule has 20 heavy (non-hydrogen) atoms. The average Bonchev–Trinajstić information content (AvgIpc) is 2.40. The smallest absolute Gasteiger partial charge is 0.161 e. The molecule has 2 heterocycles. The van der Waals surface area contributed by atoms with Crippen molar-refractivity contribution in [2.75, 3.05) is 32.0 Å². The van der Waals surface area contributed by atoms with Crippen molar-refractivity contribution in [1.29, 1.82) is 0 Å². The summed E-state index contributed by atoms with van der Waals surface area (Å²) in [6.07, 6.45) is -0.0795. The van der Waals surface area contributed by atoms with E-state index in [0.717, 1.165) is 35.5 Å². The highest BCUT2D eigenvalue weighted by molar-refractivity contribution is 14.1. The van der Waals surface area contributed by atoms with E-state index in [4.69, 9.17) is 15.5 Å². The van der Waals surface area contributed by atoms with Gasteiger partial charge in [0.05, 0.1) is 15.9 Å². The number of morpholine rings is 1. The zero-order valence-corrected chi connectivity index (χ0v) is 14.8. The van der Waals surface area contributed by atoms with Crippen LogP contribution in [-0.2, 0) is 10.2 Å². The summed E-state index contributed by atoms with van der Waals surface area (Å²) < 4.78 is 6.78. The molecule has 0 saturated carbocycles. The fourth-order valence-corrected chi connectivity index (χ4v) is 3.32. The fraction of sp³-hybridized carbons (Fsp3) is 0.714. The van der Waals surface area contributed by atoms with Crippen LogP contribution in [0.4, 0.5) is 5.82 Å². The maximum absolute atomic E-state index is 6.06. The minimum Gasteiger partial charge on any atom is -0.383 e. The molecule has 1 unspecified atom stereocenters. The van der Waals surface area contributed by atoms with Crippen LogP contribution in [0.3, 0.4) is 0 Å². The molecule has 0 aliphatic carbocycles. The Morgan fingerprint density at radius 1 is 1.40 bits per heavy atom. The molecule has 0 aromatic carbocycles. The van der Waals surface area contributed by atoms with E-state index in [2.05, 4.69) is 60.2 Å². The van der Waals surface area contributed by atoms with Crippen molar-refractivity contribution < 1.29 is 4.74 Å². The summed E-state index contributed by atoms with van der Waals surface area (Å²) in [6, 6.07) is 0. The summed E-state index contributed by atoms with van der Waals surface area (Å²) in [5.74, 6) is 1.27. The van der Waals surface area contributed by atoms with Crippen LogP contribution in [0.2, 0.25) is 0 Å². The largest absolute Gasteiger partial charge is 0.383 e. The van der Waals surface area contributed by atoms with Gasteiger partial charge < -0.3 is 10.5 Å². The van der Waals surface area contributed by atoms with Gasteiger partial charge in [-0.2, -0.15) is 0 Å². The molecule has 0 radical (unpaired) electrons. The molecule has 1 aromatic heterocycles. The molecule has 2 rings (SSSR count). The molecule has 1 saturated heterocycles. The zero-order valence-electron chi connectivity index (χ0n) is 12.6. The predicted octanol–water partition coefficient (Wildman–Crippen LogP) is 2.35. The summed E-state index contributed by atoms with van der Waals surface area (Å²) >= 11 is 2.23. The molecule has 6 heteroatoms. The van der Waals surface area contributed by atoms with Crippen LogP contribution in [0.25, 0.3) is 0 Å². The number of hydrogen-bond donors (Lipinski definition) is 1. The molecular formula is C14H23IN4O. The van der Waals surface area contributed by atoms with Gasteiger partial charge in [-0.05, 0) is 29.1 Å². The van der Waals surface area contributed by atoms with E-state index < -0.39 is 0 Å². The van der Waals surface area contributed by atoms with Crippen molar-refractivity contribution in [2.24, 2.45) is 0 Å². The summed E-state index contributed by atoms with van der Waals surface area (Å²) in [4.78, 5) is 11.5. The first-order chi connectivity index (χ1) is 9.32. The molecule has 112 valence electrons. The highest BCUT2D eigenvalue weighted by atomic mass is 127. The van der Waals surface area contributed by atoms with Crippen LogP contribution in [-0.4, -0.2) is 41.1 Å². The van der Waals surface area contributed by atoms with E-state index in [-0.39, 0.29) is 11.5 Å². The Morgan fingerprint density at radius 3 is 2.70 bits per heavy atom. The van der Waals surface area contributed by atoms with Crippen LogP contribution >= 0.6 is 22.6 Å². The van der Waals surface area contributed by atoms with Gasteiger partial charge in [0.2, 0.25) is 0 Å². The number of nitrogen functional groups attached to an aromatic ring is 1. The molecule has 1 aromatic rings. The van der Waals surface area contributed by atoms with E-state index in [1.807, 2.05) is 0 Å². The standard InChI is InChI=1S/C14H23IN4O/c1-5-19-6-7-20-9(8-19)13-17-11(14(2,3)4)10(15)12(16)18-13/h9H,5-8H2,1-4H3,(H2,16,17,18). The van der Waals surface area contributed by atoms with E-state index >= 15 is 0 Å². The molecule has 5 nitrogen and oxygen atoms in total. The van der Waals surface area contributed by atoms with Crippen LogP contribution in [0.15, 0.2) is 0 Å². The zero-order chi connectivity index (χ0) is 14.9. The minimum atomic E-state index is -0.0795. The van der Waals surface area contributed by atoms with E-state index in [1.54, 1.807) is 0 Å². The van der Waals surface area contributed by atoms with Crippen molar-refractivity contribution in [3.05, 3.63) is 15.1 Å². The highest BCUT2D eigenvalue weighted by Gasteiger charge is 2.28. The van der Waals surface area contributed by atoms with Gasteiger partial charge >= 0.3 is 0 Å². The monoisotopic (exact) mass is 390 g/mol. The van der Waals surface area contributed by atoms with Crippen LogP contribution in [0, 0.1) is 3.57 Å². The SMILES string of the molecule is CCN1CCOC(c2nc(N)c(I)c(C(C)(C)C)n2)C1. The Bertz CT molecular complexity index is 487. The normalized spacial score (nSPS) is 21.1. The fourth-order valence-electron chi connectivity index (χ4n) is 2.27. The lowest BCUT2D eigenvalue weighted by molar-refractivity contribution is -0.0326. The first kappa shape index (κ1) is 15.9. The molecule has 0 spiro atoms. The Kier molecular flexibility index (Phi) is 4.86. The number of anilines is 1. The Balaban J connectivity index is 2.35. The number of likely N-dealkylation sites (N-methyl/N-ethyl adjacent to an activating group) is 1. The summed E-state index contributed by atoms with van der Waals surface area (Å²) in [7, 11) is 0. The maximum atomic E-state index is 6.06.